The number of hydrogen-bond acceptors (Lipinski definition) is 8. The molecule has 0 aromatic heterocycles. The van der Waals surface area contributed by atoms with Crippen molar-refractivity contribution in [3.63, 3.8) is 0 Å². The number of piperazine rings is 1. The third kappa shape index (κ3) is 11.4. The van der Waals surface area contributed by atoms with Crippen LogP contribution in [0.25, 0.3) is 5.57 Å². The molecule has 1 aliphatic heterocycles. The van der Waals surface area contributed by atoms with Crippen molar-refractivity contribution >= 4 is 18.8 Å². The van der Waals surface area contributed by atoms with Crippen LogP contribution in [0.5, 0.6) is 11.5 Å². The summed E-state index contributed by atoms with van der Waals surface area (Å²) < 4.78 is 12.0. The maximum atomic E-state index is 11.2. The quantitative estimate of drug-likeness (QED) is 0.0949. The van der Waals surface area contributed by atoms with E-state index in [1.54, 1.807) is 20.4 Å². The summed E-state index contributed by atoms with van der Waals surface area (Å²) in [7, 11) is 5.50. The van der Waals surface area contributed by atoms with Crippen LogP contribution in [-0.4, -0.2) is 69.4 Å². The van der Waals surface area contributed by atoms with Gasteiger partial charge in [0.1, 0.15) is 18.3 Å². The Hall–Kier alpha value is -4.23. The topological polar surface area (TPSA) is 107 Å². The molecule has 9 nitrogen and oxygen atoms in total. The Kier molecular flexibility index (Phi) is 16.7. The molecule has 2 aromatic rings. The van der Waals surface area contributed by atoms with Gasteiger partial charge in [-0.25, -0.2) is 0 Å². The Morgan fingerprint density at radius 2 is 1.72 bits per heavy atom. The zero-order valence-corrected chi connectivity index (χ0v) is 34.7. The smallest absolute Gasteiger partial charge is 0.211 e. The van der Waals surface area contributed by atoms with Crippen molar-refractivity contribution in [3.8, 4) is 17.6 Å². The SMILES string of the molecule is C=O.CCCC(NC)c1cccc(CN2CCN(Cc3c(OC)cc(/C(=C/NC=O)C(C)=C(C)C)cc3OC)CC23CC3)c1CC/C(C#N)=C/C(C)(C)C. The van der Waals surface area contributed by atoms with E-state index in [0.29, 0.717) is 12.5 Å². The molecule has 2 fully saturated rings. The number of hydrogen-bond donors (Lipinski definition) is 2. The van der Waals surface area contributed by atoms with Gasteiger partial charge in [-0.2, -0.15) is 5.26 Å². The Balaban J connectivity index is 0.00000385. The Labute approximate surface area is 325 Å². The number of methoxy groups -OCH3 is 2. The van der Waals surface area contributed by atoms with E-state index in [1.807, 2.05) is 6.79 Å². The average Bonchev–Trinajstić information content (AvgIpc) is 3.93. The monoisotopic (exact) mass is 740 g/mol. The molecule has 0 radical (unpaired) electrons. The lowest BCUT2D eigenvalue weighted by Crippen LogP contribution is -2.54. The van der Waals surface area contributed by atoms with E-state index >= 15 is 0 Å². The van der Waals surface area contributed by atoms with Crippen molar-refractivity contribution in [2.24, 2.45) is 5.41 Å². The Morgan fingerprint density at radius 3 is 2.24 bits per heavy atom. The number of ether oxygens (including phenoxy) is 2. The summed E-state index contributed by atoms with van der Waals surface area (Å²) in [5.74, 6) is 1.56. The summed E-state index contributed by atoms with van der Waals surface area (Å²) in [4.78, 5) is 24.5. The van der Waals surface area contributed by atoms with Crippen LogP contribution in [0.2, 0.25) is 0 Å². The maximum Gasteiger partial charge on any atom is 0.211 e. The fourth-order valence-electron chi connectivity index (χ4n) is 7.74. The van der Waals surface area contributed by atoms with E-state index < -0.39 is 0 Å². The predicted molar refractivity (Wildman–Crippen MR) is 220 cm³/mol. The van der Waals surface area contributed by atoms with Crippen LogP contribution in [0.15, 0.2) is 59.3 Å². The molecule has 1 unspecified atom stereocenters. The van der Waals surface area contributed by atoms with Gasteiger partial charge in [0.2, 0.25) is 6.41 Å². The second-order valence-corrected chi connectivity index (χ2v) is 15.9. The first-order valence-electron chi connectivity index (χ1n) is 19.3. The van der Waals surface area contributed by atoms with Crippen LogP contribution >= 0.6 is 0 Å². The number of amides is 1. The van der Waals surface area contributed by atoms with Crippen molar-refractivity contribution in [3.05, 3.63) is 87.1 Å². The average molecular weight is 740 g/mol. The first-order chi connectivity index (χ1) is 25.8. The molecule has 1 saturated heterocycles. The van der Waals surface area contributed by atoms with Gasteiger partial charge in [0.15, 0.2) is 0 Å². The lowest BCUT2D eigenvalue weighted by atomic mass is 9.87. The van der Waals surface area contributed by atoms with E-state index in [9.17, 15) is 10.1 Å². The molecule has 4 rings (SSSR count). The third-order valence-corrected chi connectivity index (χ3v) is 10.8. The van der Waals surface area contributed by atoms with Crippen molar-refractivity contribution in [2.75, 3.05) is 40.9 Å². The Morgan fingerprint density at radius 1 is 1.06 bits per heavy atom. The molecule has 1 heterocycles. The zero-order valence-electron chi connectivity index (χ0n) is 34.7. The van der Waals surface area contributed by atoms with E-state index in [1.165, 1.54) is 35.1 Å². The lowest BCUT2D eigenvalue weighted by Gasteiger charge is -2.43. The molecule has 1 spiro atoms. The lowest BCUT2D eigenvalue weighted by molar-refractivity contribution is -0.108. The summed E-state index contributed by atoms with van der Waals surface area (Å²) in [5, 5.41) is 16.3. The predicted octanol–water partition coefficient (Wildman–Crippen LogP) is 8.30. The van der Waals surface area contributed by atoms with Crippen LogP contribution in [0.4, 0.5) is 0 Å². The number of carbonyl (C=O) groups is 2. The summed E-state index contributed by atoms with van der Waals surface area (Å²) in [6, 6.07) is 13.8. The summed E-state index contributed by atoms with van der Waals surface area (Å²) in [6.45, 7) is 21.5. The highest BCUT2D eigenvalue weighted by Gasteiger charge is 2.51. The van der Waals surface area contributed by atoms with Gasteiger partial charge >= 0.3 is 0 Å². The first-order valence-corrected chi connectivity index (χ1v) is 19.3. The molecular formula is C45H65N5O4. The minimum absolute atomic E-state index is 0.0314. The molecule has 2 N–H and O–H groups in total. The van der Waals surface area contributed by atoms with Crippen LogP contribution < -0.4 is 20.1 Å². The van der Waals surface area contributed by atoms with Crippen LogP contribution in [0, 0.1) is 16.7 Å². The molecular weight excluding hydrogens is 675 g/mol. The van der Waals surface area contributed by atoms with E-state index in [-0.39, 0.29) is 11.0 Å². The second-order valence-electron chi connectivity index (χ2n) is 15.9. The van der Waals surface area contributed by atoms with Gasteiger partial charge in [-0.15, -0.1) is 0 Å². The van der Waals surface area contributed by atoms with Crippen LogP contribution in [0.1, 0.15) is 114 Å². The van der Waals surface area contributed by atoms with Crippen LogP contribution in [0.3, 0.4) is 0 Å². The van der Waals surface area contributed by atoms with Gasteiger partial charge in [-0.05, 0) is 105 Å². The number of rotatable bonds is 17. The minimum atomic E-state index is -0.0314. The summed E-state index contributed by atoms with van der Waals surface area (Å²) in [5.41, 5.74) is 10.3. The normalized spacial score (nSPS) is 16.5. The first kappa shape index (κ1) is 44.2. The molecule has 1 atom stereocenters. The van der Waals surface area contributed by atoms with Gasteiger partial charge in [0.25, 0.3) is 0 Å². The van der Waals surface area contributed by atoms with E-state index in [2.05, 4.69) is 118 Å². The molecule has 2 aromatic carbocycles. The van der Waals surface area contributed by atoms with Crippen molar-refractivity contribution in [2.45, 2.75) is 112 Å². The minimum Gasteiger partial charge on any atom is -0.496 e. The van der Waals surface area contributed by atoms with Gasteiger partial charge in [0.05, 0.1) is 25.9 Å². The van der Waals surface area contributed by atoms with Crippen LogP contribution in [-0.2, 0) is 29.1 Å². The number of benzene rings is 2. The molecule has 9 heteroatoms. The fraction of sp³-hybridized carbons (Fsp3) is 0.533. The van der Waals surface area contributed by atoms with Gasteiger partial charge in [-0.1, -0.05) is 64.0 Å². The maximum absolute atomic E-state index is 11.2. The highest BCUT2D eigenvalue weighted by molar-refractivity contribution is 5.81. The molecule has 1 saturated carbocycles. The molecule has 294 valence electrons. The number of nitriles is 1. The molecule has 2 aliphatic rings. The highest BCUT2D eigenvalue weighted by Crippen LogP contribution is 2.46. The van der Waals surface area contributed by atoms with E-state index in [0.717, 1.165) is 97.8 Å². The van der Waals surface area contributed by atoms with Gasteiger partial charge < -0.3 is 24.9 Å². The number of nitrogens with zero attached hydrogens (tertiary/aromatic N) is 3. The standard InChI is InChI=1S/C44H63N5O3.CH2O/c1-11-13-40(46-8)37-15-12-14-34(36(37)17-16-33(25-45)24-43(5,6)7)27-49-21-20-48(29-44(49)18-19-44)28-39-41(51-9)22-35(23-42(39)52-10)38(26-47-30-50)32(4)31(2)3;1-2/h12,14-15,22-24,26,30,40,46H,11,13,16-21,27-29H2,1-10H3,(H,47,50);1H2/b33-24-,38-26+;. The largest absolute Gasteiger partial charge is 0.496 e. The molecule has 1 amide bonds. The van der Waals surface area contributed by atoms with Gasteiger partial charge in [-0.3, -0.25) is 14.6 Å². The highest BCUT2D eigenvalue weighted by atomic mass is 16.5. The third-order valence-electron chi connectivity index (χ3n) is 10.8. The van der Waals surface area contributed by atoms with Gasteiger partial charge in [0, 0.05) is 61.7 Å². The fourth-order valence-corrected chi connectivity index (χ4v) is 7.74. The Bertz CT molecular complexity index is 1680. The number of nitrogens with one attached hydrogen (secondary N) is 2. The number of carbonyl (C=O) groups excluding carboxylic acids is 2. The summed E-state index contributed by atoms with van der Waals surface area (Å²) >= 11 is 0. The van der Waals surface area contributed by atoms with E-state index in [4.69, 9.17) is 14.3 Å². The van der Waals surface area contributed by atoms with Crippen molar-refractivity contribution in [1.82, 2.24) is 20.4 Å². The molecule has 1 aliphatic carbocycles. The molecule has 54 heavy (non-hydrogen) atoms. The molecule has 0 bridgehead atoms. The second kappa shape index (κ2) is 20.5. The van der Waals surface area contributed by atoms with Crippen molar-refractivity contribution < 1.29 is 19.1 Å². The summed E-state index contributed by atoms with van der Waals surface area (Å²) in [6.07, 6.45) is 10.7. The van der Waals surface area contributed by atoms with Crippen molar-refractivity contribution in [1.29, 1.82) is 5.26 Å². The zero-order chi connectivity index (χ0) is 40.1. The number of allylic oxidation sites excluding steroid dienone is 5.